The van der Waals surface area contributed by atoms with Gasteiger partial charge in [-0.1, -0.05) is 18.2 Å². The van der Waals surface area contributed by atoms with Gasteiger partial charge in [0.2, 0.25) is 5.91 Å². The highest BCUT2D eigenvalue weighted by atomic mass is 16.5. The lowest BCUT2D eigenvalue weighted by molar-refractivity contribution is -0.122. The summed E-state index contributed by atoms with van der Waals surface area (Å²) in [6.07, 6.45) is 1.52. The van der Waals surface area contributed by atoms with Crippen LogP contribution in [0.5, 0.6) is 0 Å². The highest BCUT2D eigenvalue weighted by Gasteiger charge is 2.22. The molecule has 2 heterocycles. The van der Waals surface area contributed by atoms with E-state index in [2.05, 4.69) is 27.3 Å². The van der Waals surface area contributed by atoms with E-state index in [-0.39, 0.29) is 11.8 Å². The first-order valence-corrected chi connectivity index (χ1v) is 8.33. The summed E-state index contributed by atoms with van der Waals surface area (Å²) < 4.78 is 5.28. The number of hydrogen-bond acceptors (Lipinski definition) is 5. The van der Waals surface area contributed by atoms with Crippen LogP contribution in [-0.2, 0) is 9.53 Å². The Kier molecular flexibility index (Phi) is 5.38. The van der Waals surface area contributed by atoms with Crippen LogP contribution in [-0.4, -0.2) is 35.9 Å². The van der Waals surface area contributed by atoms with Gasteiger partial charge in [0, 0.05) is 31.4 Å². The van der Waals surface area contributed by atoms with Crippen LogP contribution in [0, 0.1) is 5.92 Å². The Bertz CT molecular complexity index is 654. The van der Waals surface area contributed by atoms with E-state index in [0.29, 0.717) is 19.0 Å². The Morgan fingerprint density at radius 3 is 2.54 bits per heavy atom. The molecule has 1 aliphatic rings. The zero-order valence-electron chi connectivity index (χ0n) is 13.8. The SMILES string of the molecule is CCN(c1ccccc1)c1ccc(NC(=O)C2CCOCC2)nn1. The van der Waals surface area contributed by atoms with E-state index in [1.807, 2.05) is 36.4 Å². The number of carbonyl (C=O) groups is 1. The average molecular weight is 326 g/mol. The first-order valence-electron chi connectivity index (χ1n) is 8.33. The first-order chi connectivity index (χ1) is 11.8. The van der Waals surface area contributed by atoms with Crippen molar-refractivity contribution in [1.82, 2.24) is 10.2 Å². The van der Waals surface area contributed by atoms with Gasteiger partial charge in [0.15, 0.2) is 11.6 Å². The van der Waals surface area contributed by atoms with Crippen LogP contribution >= 0.6 is 0 Å². The van der Waals surface area contributed by atoms with Crippen LogP contribution < -0.4 is 10.2 Å². The first kappa shape index (κ1) is 16.4. The summed E-state index contributed by atoms with van der Waals surface area (Å²) in [4.78, 5) is 14.3. The summed E-state index contributed by atoms with van der Waals surface area (Å²) in [5.41, 5.74) is 1.06. The van der Waals surface area contributed by atoms with Crippen molar-refractivity contribution in [3.8, 4) is 0 Å². The Morgan fingerprint density at radius 1 is 1.17 bits per heavy atom. The molecule has 0 radical (unpaired) electrons. The average Bonchev–Trinajstić information content (AvgIpc) is 2.65. The number of nitrogens with one attached hydrogen (secondary N) is 1. The van der Waals surface area contributed by atoms with Gasteiger partial charge in [0.1, 0.15) is 0 Å². The summed E-state index contributed by atoms with van der Waals surface area (Å²) >= 11 is 0. The van der Waals surface area contributed by atoms with Gasteiger partial charge in [0.25, 0.3) is 0 Å². The van der Waals surface area contributed by atoms with E-state index in [1.165, 1.54) is 0 Å². The van der Waals surface area contributed by atoms with Gasteiger partial charge < -0.3 is 15.0 Å². The van der Waals surface area contributed by atoms with Crippen molar-refractivity contribution in [3.05, 3.63) is 42.5 Å². The fourth-order valence-electron chi connectivity index (χ4n) is 2.81. The summed E-state index contributed by atoms with van der Waals surface area (Å²) in [5.74, 6) is 1.24. The molecule has 1 amide bonds. The number of ether oxygens (including phenoxy) is 1. The Morgan fingerprint density at radius 2 is 1.92 bits per heavy atom. The number of carbonyl (C=O) groups excluding carboxylic acids is 1. The maximum atomic E-state index is 12.2. The van der Waals surface area contributed by atoms with Gasteiger partial charge in [-0.15, -0.1) is 10.2 Å². The van der Waals surface area contributed by atoms with E-state index in [1.54, 1.807) is 6.07 Å². The van der Waals surface area contributed by atoms with E-state index in [9.17, 15) is 4.79 Å². The molecule has 0 spiro atoms. The number of nitrogens with zero attached hydrogens (tertiary/aromatic N) is 3. The molecule has 0 saturated carbocycles. The predicted molar refractivity (Wildman–Crippen MR) is 93.3 cm³/mol. The molecule has 0 aliphatic carbocycles. The molecule has 6 nitrogen and oxygen atoms in total. The molecule has 126 valence electrons. The zero-order valence-corrected chi connectivity index (χ0v) is 13.8. The molecular weight excluding hydrogens is 304 g/mol. The van der Waals surface area contributed by atoms with Crippen molar-refractivity contribution in [3.63, 3.8) is 0 Å². The van der Waals surface area contributed by atoms with Gasteiger partial charge in [-0.2, -0.15) is 0 Å². The molecule has 1 aromatic heterocycles. The van der Waals surface area contributed by atoms with Crippen molar-refractivity contribution in [1.29, 1.82) is 0 Å². The summed E-state index contributed by atoms with van der Waals surface area (Å²) in [6, 6.07) is 13.7. The van der Waals surface area contributed by atoms with E-state index in [0.717, 1.165) is 30.9 Å². The summed E-state index contributed by atoms with van der Waals surface area (Å²) in [7, 11) is 0. The number of para-hydroxylation sites is 1. The fourth-order valence-corrected chi connectivity index (χ4v) is 2.81. The highest BCUT2D eigenvalue weighted by Crippen LogP contribution is 2.23. The van der Waals surface area contributed by atoms with Crippen LogP contribution in [0.25, 0.3) is 0 Å². The third-order valence-corrected chi connectivity index (χ3v) is 4.15. The second-order valence-corrected chi connectivity index (χ2v) is 5.73. The second-order valence-electron chi connectivity index (χ2n) is 5.73. The molecule has 1 N–H and O–H groups in total. The number of hydrogen-bond donors (Lipinski definition) is 1. The molecule has 1 saturated heterocycles. The van der Waals surface area contributed by atoms with Crippen molar-refractivity contribution < 1.29 is 9.53 Å². The molecule has 1 fully saturated rings. The number of amides is 1. The van der Waals surface area contributed by atoms with Crippen LogP contribution in [0.4, 0.5) is 17.3 Å². The Hall–Kier alpha value is -2.47. The van der Waals surface area contributed by atoms with E-state index in [4.69, 9.17) is 4.74 Å². The molecule has 2 aromatic rings. The van der Waals surface area contributed by atoms with Crippen LogP contribution in [0.2, 0.25) is 0 Å². The van der Waals surface area contributed by atoms with Crippen LogP contribution in [0.15, 0.2) is 42.5 Å². The molecule has 0 bridgehead atoms. The van der Waals surface area contributed by atoms with Crippen molar-refractivity contribution >= 4 is 23.2 Å². The van der Waals surface area contributed by atoms with Crippen molar-refractivity contribution in [2.75, 3.05) is 30.0 Å². The number of anilines is 3. The second kappa shape index (κ2) is 7.88. The van der Waals surface area contributed by atoms with E-state index < -0.39 is 0 Å². The van der Waals surface area contributed by atoms with Crippen molar-refractivity contribution in [2.24, 2.45) is 5.92 Å². The number of aromatic nitrogens is 2. The summed E-state index contributed by atoms with van der Waals surface area (Å²) in [6.45, 7) is 4.14. The monoisotopic (exact) mass is 326 g/mol. The van der Waals surface area contributed by atoms with Gasteiger partial charge in [-0.05, 0) is 44.0 Å². The standard InChI is InChI=1S/C18H22N4O2/c1-2-22(15-6-4-3-5-7-15)17-9-8-16(20-21-17)19-18(23)14-10-12-24-13-11-14/h3-9,14H,2,10-13H2,1H3,(H,19,20,23). The summed E-state index contributed by atoms with van der Waals surface area (Å²) in [5, 5.41) is 11.3. The molecule has 24 heavy (non-hydrogen) atoms. The zero-order chi connectivity index (χ0) is 16.8. The van der Waals surface area contributed by atoms with Crippen LogP contribution in [0.1, 0.15) is 19.8 Å². The van der Waals surface area contributed by atoms with E-state index >= 15 is 0 Å². The van der Waals surface area contributed by atoms with Gasteiger partial charge in [-0.3, -0.25) is 4.79 Å². The third-order valence-electron chi connectivity index (χ3n) is 4.15. The van der Waals surface area contributed by atoms with Crippen molar-refractivity contribution in [2.45, 2.75) is 19.8 Å². The largest absolute Gasteiger partial charge is 0.381 e. The minimum absolute atomic E-state index is 0.00307. The normalized spacial score (nSPS) is 15.0. The fraction of sp³-hybridized carbons (Fsp3) is 0.389. The Balaban J connectivity index is 1.67. The molecule has 0 atom stereocenters. The maximum Gasteiger partial charge on any atom is 0.228 e. The van der Waals surface area contributed by atoms with Gasteiger partial charge >= 0.3 is 0 Å². The topological polar surface area (TPSA) is 67.4 Å². The molecule has 0 unspecified atom stereocenters. The van der Waals surface area contributed by atoms with Gasteiger partial charge in [0.05, 0.1) is 0 Å². The molecule has 6 heteroatoms. The lowest BCUT2D eigenvalue weighted by Gasteiger charge is -2.22. The van der Waals surface area contributed by atoms with Crippen LogP contribution in [0.3, 0.4) is 0 Å². The lowest BCUT2D eigenvalue weighted by atomic mass is 9.99. The third kappa shape index (κ3) is 3.89. The molecule has 1 aromatic carbocycles. The number of rotatable bonds is 5. The smallest absolute Gasteiger partial charge is 0.228 e. The molecule has 1 aliphatic heterocycles. The minimum Gasteiger partial charge on any atom is -0.381 e. The predicted octanol–water partition coefficient (Wildman–Crippen LogP) is 3.00. The Labute approximate surface area is 141 Å². The molecule has 3 rings (SSSR count). The minimum atomic E-state index is -0.00393. The number of benzene rings is 1. The van der Waals surface area contributed by atoms with Gasteiger partial charge in [-0.25, -0.2) is 0 Å². The highest BCUT2D eigenvalue weighted by molar-refractivity contribution is 5.91. The quantitative estimate of drug-likeness (QED) is 0.915. The lowest BCUT2D eigenvalue weighted by Crippen LogP contribution is -2.29. The maximum absolute atomic E-state index is 12.2. The molecular formula is C18H22N4O2.